The lowest BCUT2D eigenvalue weighted by Gasteiger charge is -2.33. The number of amidine groups is 1. The Labute approximate surface area is 121 Å². The van der Waals surface area contributed by atoms with E-state index in [0.29, 0.717) is 18.8 Å². The van der Waals surface area contributed by atoms with E-state index < -0.39 is 17.6 Å². The maximum atomic E-state index is 13.1. The lowest BCUT2D eigenvalue weighted by Crippen LogP contribution is -2.36. The van der Waals surface area contributed by atoms with Crippen LogP contribution in [-0.4, -0.2) is 32.1 Å². The van der Waals surface area contributed by atoms with Gasteiger partial charge in [-0.15, -0.1) is 0 Å². The predicted octanol–water partition coefficient (Wildman–Crippen LogP) is 2.60. The van der Waals surface area contributed by atoms with E-state index in [0.717, 1.165) is 18.9 Å². The molecule has 0 unspecified atom stereocenters. The van der Waals surface area contributed by atoms with Crippen molar-refractivity contribution in [2.24, 2.45) is 5.73 Å². The van der Waals surface area contributed by atoms with E-state index in [4.69, 9.17) is 15.9 Å². The fraction of sp³-hybridized carbons (Fsp3) is 0.500. The molecule has 1 saturated heterocycles. The van der Waals surface area contributed by atoms with Gasteiger partial charge in [0.2, 0.25) is 0 Å². The van der Waals surface area contributed by atoms with Gasteiger partial charge in [0.25, 0.3) is 0 Å². The van der Waals surface area contributed by atoms with Gasteiger partial charge in [0.05, 0.1) is 11.7 Å². The van der Waals surface area contributed by atoms with E-state index in [9.17, 15) is 13.2 Å². The number of hydrogen-bond acceptors (Lipinski definition) is 3. The maximum Gasteiger partial charge on any atom is 0.417 e. The van der Waals surface area contributed by atoms with Crippen molar-refractivity contribution in [1.82, 2.24) is 0 Å². The molecule has 7 heteroatoms. The van der Waals surface area contributed by atoms with E-state index in [2.05, 4.69) is 0 Å². The van der Waals surface area contributed by atoms with Crippen molar-refractivity contribution >= 4 is 11.5 Å². The average Bonchev–Trinajstić information content (AvgIpc) is 2.45. The van der Waals surface area contributed by atoms with Crippen LogP contribution in [0.2, 0.25) is 0 Å². The molecule has 116 valence electrons. The lowest BCUT2D eigenvalue weighted by atomic mass is 10.0. The number of benzene rings is 1. The normalized spacial score (nSPS) is 17.0. The van der Waals surface area contributed by atoms with E-state index in [1.165, 1.54) is 6.07 Å². The topological polar surface area (TPSA) is 62.3 Å². The van der Waals surface area contributed by atoms with E-state index in [-0.39, 0.29) is 11.7 Å². The summed E-state index contributed by atoms with van der Waals surface area (Å²) >= 11 is 0. The van der Waals surface area contributed by atoms with Crippen molar-refractivity contribution in [3.05, 3.63) is 29.3 Å². The minimum Gasteiger partial charge on any atom is -0.384 e. The molecule has 0 radical (unpaired) electrons. The Morgan fingerprint density at radius 1 is 1.33 bits per heavy atom. The fourth-order valence-corrected chi connectivity index (χ4v) is 2.55. The molecule has 1 fully saturated rings. The van der Waals surface area contributed by atoms with Crippen molar-refractivity contribution in [2.75, 3.05) is 25.1 Å². The van der Waals surface area contributed by atoms with Crippen molar-refractivity contribution in [3.63, 3.8) is 0 Å². The number of piperidine rings is 1. The summed E-state index contributed by atoms with van der Waals surface area (Å²) in [7, 11) is 1.64. The lowest BCUT2D eigenvalue weighted by molar-refractivity contribution is -0.137. The molecule has 0 spiro atoms. The highest BCUT2D eigenvalue weighted by molar-refractivity contribution is 5.97. The maximum absolute atomic E-state index is 13.1. The second-order valence-electron chi connectivity index (χ2n) is 5.06. The Hall–Kier alpha value is -1.76. The third-order valence-electron chi connectivity index (χ3n) is 3.74. The minimum atomic E-state index is -4.53. The van der Waals surface area contributed by atoms with Gasteiger partial charge in [0.15, 0.2) is 0 Å². The van der Waals surface area contributed by atoms with E-state index in [1.54, 1.807) is 13.2 Å². The van der Waals surface area contributed by atoms with Gasteiger partial charge >= 0.3 is 6.18 Å². The second kappa shape index (κ2) is 5.93. The summed E-state index contributed by atoms with van der Waals surface area (Å²) in [5.74, 6) is -0.577. The number of methoxy groups -OCH3 is 1. The van der Waals surface area contributed by atoms with Crippen LogP contribution >= 0.6 is 0 Å². The number of anilines is 1. The average molecular weight is 301 g/mol. The number of hydrogen-bond donors (Lipinski definition) is 2. The largest absolute Gasteiger partial charge is 0.417 e. The number of nitrogens with one attached hydrogen (secondary N) is 1. The van der Waals surface area contributed by atoms with Gasteiger partial charge in [-0.3, -0.25) is 5.41 Å². The first-order valence-electron chi connectivity index (χ1n) is 6.66. The van der Waals surface area contributed by atoms with E-state index >= 15 is 0 Å². The summed E-state index contributed by atoms with van der Waals surface area (Å²) in [4.78, 5) is 1.90. The number of nitrogens with zero attached hydrogens (tertiary/aromatic N) is 1. The molecule has 0 amide bonds. The highest BCUT2D eigenvalue weighted by Gasteiger charge is 2.35. The molecule has 3 N–H and O–H groups in total. The molecule has 0 bridgehead atoms. The van der Waals surface area contributed by atoms with Crippen molar-refractivity contribution in [3.8, 4) is 0 Å². The monoisotopic (exact) mass is 301 g/mol. The third-order valence-corrected chi connectivity index (χ3v) is 3.74. The molecule has 1 aliphatic rings. The Balaban J connectivity index is 2.28. The SMILES string of the molecule is COC1CCN(c2ccc(C(=N)N)c(C(F)(F)F)c2)CC1. The molecule has 0 atom stereocenters. The van der Waals surface area contributed by atoms with Crippen LogP contribution in [0.4, 0.5) is 18.9 Å². The van der Waals surface area contributed by atoms with Crippen molar-refractivity contribution < 1.29 is 17.9 Å². The molecule has 1 aromatic carbocycles. The zero-order valence-electron chi connectivity index (χ0n) is 11.7. The molecule has 2 rings (SSSR count). The zero-order valence-corrected chi connectivity index (χ0v) is 11.7. The van der Waals surface area contributed by atoms with Crippen LogP contribution in [0.3, 0.4) is 0 Å². The van der Waals surface area contributed by atoms with Crippen LogP contribution in [0.15, 0.2) is 18.2 Å². The molecule has 0 aromatic heterocycles. The van der Waals surface area contributed by atoms with Crippen molar-refractivity contribution in [2.45, 2.75) is 25.1 Å². The summed E-state index contributed by atoms with van der Waals surface area (Å²) in [6, 6.07) is 3.92. The van der Waals surface area contributed by atoms with Gasteiger partial charge in [-0.2, -0.15) is 13.2 Å². The van der Waals surface area contributed by atoms with Crippen LogP contribution in [0.1, 0.15) is 24.0 Å². The number of rotatable bonds is 3. The molecule has 1 aliphatic heterocycles. The summed E-state index contributed by atoms with van der Waals surface area (Å²) in [5, 5.41) is 7.27. The number of halogens is 3. The zero-order chi connectivity index (χ0) is 15.6. The second-order valence-corrected chi connectivity index (χ2v) is 5.06. The summed E-state index contributed by atoms with van der Waals surface area (Å²) in [5.41, 5.74) is 4.59. The molecular weight excluding hydrogens is 283 g/mol. The van der Waals surface area contributed by atoms with Crippen LogP contribution in [-0.2, 0) is 10.9 Å². The Bertz CT molecular complexity index is 523. The molecular formula is C14H18F3N3O. The predicted molar refractivity (Wildman–Crippen MR) is 74.7 cm³/mol. The molecule has 1 heterocycles. The van der Waals surface area contributed by atoms with Gasteiger partial charge in [-0.1, -0.05) is 0 Å². The summed E-state index contributed by atoms with van der Waals surface area (Å²) in [6.07, 6.45) is -2.79. The first kappa shape index (κ1) is 15.6. The highest BCUT2D eigenvalue weighted by atomic mass is 19.4. The molecule has 1 aromatic rings. The number of nitrogens with two attached hydrogens (primary N) is 1. The Morgan fingerprint density at radius 2 is 1.95 bits per heavy atom. The van der Waals surface area contributed by atoms with Crippen LogP contribution < -0.4 is 10.6 Å². The van der Waals surface area contributed by atoms with Gasteiger partial charge in [0.1, 0.15) is 5.84 Å². The first-order chi connectivity index (χ1) is 9.82. The quantitative estimate of drug-likeness (QED) is 0.666. The Morgan fingerprint density at radius 3 is 2.43 bits per heavy atom. The van der Waals surface area contributed by atoms with Gasteiger partial charge in [0, 0.05) is 31.5 Å². The number of alkyl halides is 3. The van der Waals surface area contributed by atoms with Gasteiger partial charge < -0.3 is 15.4 Å². The molecule has 4 nitrogen and oxygen atoms in total. The van der Waals surface area contributed by atoms with Crippen molar-refractivity contribution in [1.29, 1.82) is 5.41 Å². The molecule has 0 aliphatic carbocycles. The Kier molecular flexibility index (Phi) is 4.41. The van der Waals surface area contributed by atoms with Crippen LogP contribution in [0, 0.1) is 5.41 Å². The minimum absolute atomic E-state index is 0.167. The van der Waals surface area contributed by atoms with E-state index in [1.807, 2.05) is 4.90 Å². The molecule has 21 heavy (non-hydrogen) atoms. The number of ether oxygens (including phenoxy) is 1. The fourth-order valence-electron chi connectivity index (χ4n) is 2.55. The summed E-state index contributed by atoms with van der Waals surface area (Å²) < 4.78 is 44.5. The van der Waals surface area contributed by atoms with Gasteiger partial charge in [-0.25, -0.2) is 0 Å². The standard InChI is InChI=1S/C14H18F3N3O/c1-21-10-4-6-20(7-5-10)9-2-3-11(13(18)19)12(8-9)14(15,16)17/h2-3,8,10H,4-7H2,1H3,(H3,18,19). The van der Waals surface area contributed by atoms with Crippen LogP contribution in [0.5, 0.6) is 0 Å². The molecule has 0 saturated carbocycles. The van der Waals surface area contributed by atoms with Crippen LogP contribution in [0.25, 0.3) is 0 Å². The smallest absolute Gasteiger partial charge is 0.384 e. The number of nitrogen functional groups attached to an aromatic ring is 1. The highest BCUT2D eigenvalue weighted by Crippen LogP contribution is 2.35. The third kappa shape index (κ3) is 3.47. The summed E-state index contributed by atoms with van der Waals surface area (Å²) in [6.45, 7) is 1.30. The van der Waals surface area contributed by atoms with Gasteiger partial charge in [-0.05, 0) is 31.0 Å². The first-order valence-corrected chi connectivity index (χ1v) is 6.66.